The number of furan rings is 1. The normalized spacial score (nSPS) is 18.0. The number of rotatable bonds is 3. The van der Waals surface area contributed by atoms with Gasteiger partial charge < -0.3 is 19.2 Å². The molecule has 24 heavy (non-hydrogen) atoms. The van der Waals surface area contributed by atoms with Crippen LogP contribution < -0.4 is 5.32 Å². The van der Waals surface area contributed by atoms with Crippen LogP contribution in [0.3, 0.4) is 0 Å². The molecule has 1 atom stereocenters. The molecule has 1 amide bonds. The Morgan fingerprint density at radius 2 is 2.38 bits per heavy atom. The maximum absolute atomic E-state index is 13.0. The number of nitrogens with zero attached hydrogens (tertiary/aromatic N) is 4. The molecule has 1 aliphatic heterocycles. The second-order valence-electron chi connectivity index (χ2n) is 5.62. The summed E-state index contributed by atoms with van der Waals surface area (Å²) < 4.78 is 7.31. The largest absolute Gasteiger partial charge is 0.462 e. The van der Waals surface area contributed by atoms with Crippen molar-refractivity contribution in [2.45, 2.75) is 6.04 Å². The lowest BCUT2D eigenvalue weighted by molar-refractivity contribution is 0.0625. The van der Waals surface area contributed by atoms with Crippen molar-refractivity contribution in [2.75, 3.05) is 19.6 Å². The molecule has 0 radical (unpaired) electrons. The first-order valence-electron chi connectivity index (χ1n) is 7.72. The number of aryl methyl sites for hydroxylation is 1. The van der Waals surface area contributed by atoms with E-state index < -0.39 is 0 Å². The van der Waals surface area contributed by atoms with Crippen molar-refractivity contribution in [1.82, 2.24) is 24.8 Å². The molecular formula is C16H17N5O2S. The Balaban J connectivity index is 1.61. The second kappa shape index (κ2) is 6.21. The fraction of sp³-hybridized carbons (Fsp3) is 0.312. The van der Waals surface area contributed by atoms with Gasteiger partial charge >= 0.3 is 0 Å². The van der Waals surface area contributed by atoms with Crippen LogP contribution in [0.2, 0.25) is 0 Å². The third-order valence-corrected chi connectivity index (χ3v) is 5.11. The van der Waals surface area contributed by atoms with Gasteiger partial charge in [-0.1, -0.05) is 0 Å². The summed E-state index contributed by atoms with van der Waals surface area (Å²) in [7, 11) is 1.95. The minimum absolute atomic E-state index is 0.0141. The molecule has 0 saturated carbocycles. The van der Waals surface area contributed by atoms with Crippen molar-refractivity contribution in [3.05, 3.63) is 47.7 Å². The summed E-state index contributed by atoms with van der Waals surface area (Å²) in [6.45, 7) is 2.11. The smallest absolute Gasteiger partial charge is 0.266 e. The Morgan fingerprint density at radius 3 is 3.12 bits per heavy atom. The van der Waals surface area contributed by atoms with Gasteiger partial charge in [0.15, 0.2) is 10.8 Å². The third-order valence-electron chi connectivity index (χ3n) is 4.11. The molecule has 0 spiro atoms. The zero-order valence-corrected chi connectivity index (χ0v) is 14.0. The fourth-order valence-electron chi connectivity index (χ4n) is 2.90. The molecule has 3 aromatic rings. The first-order valence-corrected chi connectivity index (χ1v) is 8.54. The van der Waals surface area contributed by atoms with Crippen molar-refractivity contribution >= 4 is 17.2 Å². The monoisotopic (exact) mass is 343 g/mol. The number of carbonyl (C=O) groups is 1. The van der Waals surface area contributed by atoms with Gasteiger partial charge in [-0.2, -0.15) is 0 Å². The molecule has 1 N–H and O–H groups in total. The molecule has 1 unspecified atom stereocenters. The zero-order chi connectivity index (χ0) is 16.5. The van der Waals surface area contributed by atoms with Crippen LogP contribution in [0.1, 0.15) is 21.5 Å². The average Bonchev–Trinajstić information content (AvgIpc) is 3.35. The van der Waals surface area contributed by atoms with Gasteiger partial charge in [0.05, 0.1) is 12.5 Å². The summed E-state index contributed by atoms with van der Waals surface area (Å²) in [5.74, 6) is 1.55. The molecule has 1 aliphatic rings. The molecule has 8 heteroatoms. The SMILES string of the molecule is Cn1ccnc1C1CNCCN1C(=O)c1cnc(-c2ccco2)s1. The first-order chi connectivity index (χ1) is 11.7. The molecule has 0 aromatic carbocycles. The molecular weight excluding hydrogens is 326 g/mol. The van der Waals surface area contributed by atoms with Gasteiger partial charge in [0, 0.05) is 39.1 Å². The second-order valence-corrected chi connectivity index (χ2v) is 6.65. The highest BCUT2D eigenvalue weighted by Gasteiger charge is 2.32. The molecule has 4 heterocycles. The molecule has 0 bridgehead atoms. The van der Waals surface area contributed by atoms with Gasteiger partial charge in [-0.15, -0.1) is 11.3 Å². The lowest BCUT2D eigenvalue weighted by atomic mass is 10.1. The topological polar surface area (TPSA) is 76.2 Å². The Hall–Kier alpha value is -2.45. The van der Waals surface area contributed by atoms with E-state index in [4.69, 9.17) is 4.42 Å². The molecule has 7 nitrogen and oxygen atoms in total. The van der Waals surface area contributed by atoms with E-state index in [9.17, 15) is 4.79 Å². The van der Waals surface area contributed by atoms with E-state index in [1.54, 1.807) is 18.7 Å². The van der Waals surface area contributed by atoms with Gasteiger partial charge in [-0.3, -0.25) is 4.79 Å². The van der Waals surface area contributed by atoms with Crippen LogP contribution in [0, 0.1) is 0 Å². The molecule has 0 aliphatic carbocycles. The number of hydrogen-bond acceptors (Lipinski definition) is 6. The number of thiazole rings is 1. The minimum Gasteiger partial charge on any atom is -0.462 e. The lowest BCUT2D eigenvalue weighted by Gasteiger charge is -2.35. The van der Waals surface area contributed by atoms with Crippen LogP contribution in [0.4, 0.5) is 0 Å². The van der Waals surface area contributed by atoms with Gasteiger partial charge in [-0.05, 0) is 12.1 Å². The molecule has 124 valence electrons. The number of aromatic nitrogens is 3. The standard InChI is InChI=1S/C16H17N5O2S/c1-20-6-5-18-14(20)11-9-17-4-7-21(11)16(22)13-10-19-15(24-13)12-3-2-8-23-12/h2-3,5-6,8,10-11,17H,4,7,9H2,1H3. The summed E-state index contributed by atoms with van der Waals surface area (Å²) in [6.07, 6.45) is 6.89. The van der Waals surface area contributed by atoms with E-state index in [0.717, 1.165) is 12.4 Å². The van der Waals surface area contributed by atoms with Crippen LogP contribution in [-0.2, 0) is 7.05 Å². The third kappa shape index (κ3) is 2.63. The van der Waals surface area contributed by atoms with Crippen LogP contribution in [0.5, 0.6) is 0 Å². The van der Waals surface area contributed by atoms with E-state index in [-0.39, 0.29) is 11.9 Å². The number of imidazole rings is 1. The fourth-order valence-corrected chi connectivity index (χ4v) is 3.75. The highest BCUT2D eigenvalue weighted by Crippen LogP contribution is 2.29. The van der Waals surface area contributed by atoms with Crippen LogP contribution in [-0.4, -0.2) is 45.0 Å². The van der Waals surface area contributed by atoms with Gasteiger partial charge in [0.1, 0.15) is 16.7 Å². The van der Waals surface area contributed by atoms with Crippen molar-refractivity contribution < 1.29 is 9.21 Å². The molecule has 3 aromatic heterocycles. The predicted molar refractivity (Wildman–Crippen MR) is 89.7 cm³/mol. The van der Waals surface area contributed by atoms with Gasteiger partial charge in [-0.25, -0.2) is 9.97 Å². The number of nitrogens with one attached hydrogen (secondary N) is 1. The average molecular weight is 343 g/mol. The highest BCUT2D eigenvalue weighted by atomic mass is 32.1. The van der Waals surface area contributed by atoms with E-state index in [1.165, 1.54) is 11.3 Å². The van der Waals surface area contributed by atoms with Crippen molar-refractivity contribution in [2.24, 2.45) is 7.05 Å². The van der Waals surface area contributed by atoms with E-state index in [1.807, 2.05) is 34.8 Å². The molecule has 4 rings (SSSR count). The maximum Gasteiger partial charge on any atom is 0.266 e. The number of amides is 1. The lowest BCUT2D eigenvalue weighted by Crippen LogP contribution is -2.49. The first kappa shape index (κ1) is 15.1. The maximum atomic E-state index is 13.0. The Labute approximate surface area is 142 Å². The quantitative estimate of drug-likeness (QED) is 0.786. The van der Waals surface area contributed by atoms with E-state index >= 15 is 0 Å². The predicted octanol–water partition coefficient (Wildman–Crippen LogP) is 1.92. The molecule has 1 saturated heterocycles. The van der Waals surface area contributed by atoms with Gasteiger partial charge in [0.2, 0.25) is 0 Å². The summed E-state index contributed by atoms with van der Waals surface area (Å²) >= 11 is 1.35. The van der Waals surface area contributed by atoms with E-state index in [2.05, 4.69) is 15.3 Å². The minimum atomic E-state index is -0.0830. The summed E-state index contributed by atoms with van der Waals surface area (Å²) in [5.41, 5.74) is 0. The van der Waals surface area contributed by atoms with E-state index in [0.29, 0.717) is 28.7 Å². The molecule has 1 fully saturated rings. The highest BCUT2D eigenvalue weighted by molar-refractivity contribution is 7.16. The zero-order valence-electron chi connectivity index (χ0n) is 13.2. The van der Waals surface area contributed by atoms with Crippen molar-refractivity contribution in [3.8, 4) is 10.8 Å². The number of hydrogen-bond donors (Lipinski definition) is 1. The van der Waals surface area contributed by atoms with Crippen LogP contribution in [0.15, 0.2) is 41.4 Å². The summed E-state index contributed by atoms with van der Waals surface area (Å²) in [4.78, 5) is 24.2. The summed E-state index contributed by atoms with van der Waals surface area (Å²) in [5, 5.41) is 4.05. The Kier molecular flexibility index (Phi) is 3.91. The van der Waals surface area contributed by atoms with Crippen LogP contribution in [0.25, 0.3) is 10.8 Å². The summed E-state index contributed by atoms with van der Waals surface area (Å²) in [6, 6.07) is 3.57. The Morgan fingerprint density at radius 1 is 1.46 bits per heavy atom. The van der Waals surface area contributed by atoms with Crippen molar-refractivity contribution in [1.29, 1.82) is 0 Å². The van der Waals surface area contributed by atoms with Crippen molar-refractivity contribution in [3.63, 3.8) is 0 Å². The number of carbonyl (C=O) groups excluding carboxylic acids is 1. The van der Waals surface area contributed by atoms with Crippen LogP contribution >= 0.6 is 11.3 Å². The number of piperazine rings is 1. The van der Waals surface area contributed by atoms with Gasteiger partial charge in [0.25, 0.3) is 5.91 Å². The Bertz CT molecular complexity index is 838.